The molecule has 0 aromatic carbocycles. The minimum Gasteiger partial charge on any atom is -0.480 e. The summed E-state index contributed by atoms with van der Waals surface area (Å²) in [6.45, 7) is 5.50. The monoisotopic (exact) mass is 315 g/mol. The van der Waals surface area contributed by atoms with Crippen LogP contribution in [-0.2, 0) is 12.7 Å². The van der Waals surface area contributed by atoms with Crippen LogP contribution in [0.5, 0.6) is 0 Å². The zero-order valence-electron chi connectivity index (χ0n) is 8.33. The van der Waals surface area contributed by atoms with Crippen LogP contribution < -0.4 is 5.32 Å². The molecule has 0 saturated carbocycles. The van der Waals surface area contributed by atoms with E-state index in [0.29, 0.717) is 0 Å². The van der Waals surface area contributed by atoms with Crippen molar-refractivity contribution < 1.29 is 17.8 Å². The highest BCUT2D eigenvalue weighted by molar-refractivity contribution is 14.1. The Hall–Kier alpha value is -0.370. The van der Waals surface area contributed by atoms with Crippen LogP contribution in [-0.4, -0.2) is 28.6 Å². The number of hydrogen-bond acceptors (Lipinski definition) is 4. The highest BCUT2D eigenvalue weighted by Gasteiger charge is 2.26. The number of rotatable bonds is 4. The van der Waals surface area contributed by atoms with Crippen LogP contribution in [0.4, 0.5) is 0 Å². The number of carbonyl (C=O) groups excluding carboxylic acids is 1. The molecule has 6 heteroatoms. The number of aliphatic carboxylic acids is 1. The first-order chi connectivity index (χ1) is 6.26. The van der Waals surface area contributed by atoms with Gasteiger partial charge in [-0.2, -0.15) is 0 Å². The van der Waals surface area contributed by atoms with Gasteiger partial charge in [0.2, 0.25) is 0 Å². The fraction of sp³-hybridized carbons (Fsp3) is 0.750. The van der Waals surface area contributed by atoms with Crippen LogP contribution in [0, 0.1) is 0 Å². The number of nitrogens with one attached hydrogen (secondary N) is 1. The number of carboxylic acids is 1. The molecule has 0 aromatic rings. The van der Waals surface area contributed by atoms with Crippen molar-refractivity contribution in [3.63, 3.8) is 0 Å². The number of halogens is 1. The molecule has 0 fully saturated rings. The summed E-state index contributed by atoms with van der Waals surface area (Å²) in [6.07, 6.45) is -0.171. The maximum Gasteiger partial charge on any atom is 0.321 e. The van der Waals surface area contributed by atoms with E-state index < -0.39 is 18.0 Å². The zero-order valence-corrected chi connectivity index (χ0v) is 10.5. The Morgan fingerprint density at radius 2 is 2.00 bits per heavy atom. The van der Waals surface area contributed by atoms with E-state index in [4.69, 9.17) is 5.11 Å². The van der Waals surface area contributed by atoms with Crippen LogP contribution in [0.2, 0.25) is 0 Å². The number of hydrogen-bond donors (Lipinski definition) is 2. The average molecular weight is 315 g/mol. The minimum absolute atomic E-state index is 0.171. The highest BCUT2D eigenvalue weighted by Crippen LogP contribution is 2.06. The Bertz CT molecular complexity index is 224. The molecule has 5 nitrogen and oxygen atoms in total. The molecular formula is C8H14INO4. The van der Waals surface area contributed by atoms with Gasteiger partial charge in [-0.1, -0.05) is 0 Å². The molecule has 0 spiro atoms. The first-order valence-corrected chi connectivity index (χ1v) is 4.96. The van der Waals surface area contributed by atoms with Gasteiger partial charge in [-0.25, -0.2) is 0 Å². The lowest BCUT2D eigenvalue weighted by Crippen LogP contribution is -2.48. The molecule has 0 radical (unpaired) electrons. The Balaban J connectivity index is 4.31. The lowest BCUT2D eigenvalue weighted by atomic mass is 10.1. The Kier molecular flexibility index (Phi) is 5.35. The molecule has 0 rings (SSSR count). The summed E-state index contributed by atoms with van der Waals surface area (Å²) in [5.41, 5.74) is -0.353. The third kappa shape index (κ3) is 6.14. The van der Waals surface area contributed by atoms with Gasteiger partial charge in [0.25, 0.3) is 0 Å². The maximum absolute atomic E-state index is 10.9. The zero-order chi connectivity index (χ0) is 11.4. The second-order valence-corrected chi connectivity index (χ2v) is 4.38. The van der Waals surface area contributed by atoms with Gasteiger partial charge in [0.05, 0.1) is 6.42 Å². The van der Waals surface area contributed by atoms with E-state index in [-0.39, 0.29) is 12.0 Å². The van der Waals surface area contributed by atoms with Crippen molar-refractivity contribution in [2.45, 2.75) is 38.8 Å². The predicted octanol–water partition coefficient (Wildman–Crippen LogP) is 1.11. The molecule has 0 aliphatic carbocycles. The van der Waals surface area contributed by atoms with E-state index in [0.717, 1.165) is 0 Å². The molecule has 14 heavy (non-hydrogen) atoms. The third-order valence-corrected chi connectivity index (χ3v) is 1.85. The van der Waals surface area contributed by atoms with Crippen LogP contribution in [0.25, 0.3) is 0 Å². The van der Waals surface area contributed by atoms with Crippen molar-refractivity contribution >= 4 is 34.9 Å². The van der Waals surface area contributed by atoms with Crippen LogP contribution in [0.1, 0.15) is 27.2 Å². The van der Waals surface area contributed by atoms with Gasteiger partial charge >= 0.3 is 11.9 Å². The summed E-state index contributed by atoms with van der Waals surface area (Å²) in [6, 6.07) is -0.905. The van der Waals surface area contributed by atoms with E-state index in [1.54, 1.807) is 0 Å². The summed E-state index contributed by atoms with van der Waals surface area (Å²) >= 11 is 1.44. The highest BCUT2D eigenvalue weighted by atomic mass is 127. The molecule has 0 heterocycles. The largest absolute Gasteiger partial charge is 0.480 e. The van der Waals surface area contributed by atoms with E-state index in [1.165, 1.54) is 23.0 Å². The van der Waals surface area contributed by atoms with Gasteiger partial charge in [0, 0.05) is 5.54 Å². The minimum atomic E-state index is -1.05. The summed E-state index contributed by atoms with van der Waals surface area (Å²) in [5, 5.41) is 11.6. The first kappa shape index (κ1) is 13.6. The predicted molar refractivity (Wildman–Crippen MR) is 59.0 cm³/mol. The normalized spacial score (nSPS) is 13.4. The van der Waals surface area contributed by atoms with Crippen molar-refractivity contribution in [2.75, 3.05) is 0 Å². The lowest BCUT2D eigenvalue weighted by molar-refractivity contribution is -0.144. The van der Waals surface area contributed by atoms with Gasteiger partial charge in [0.15, 0.2) is 23.0 Å². The summed E-state index contributed by atoms with van der Waals surface area (Å²) in [4.78, 5) is 21.6. The van der Waals surface area contributed by atoms with Crippen molar-refractivity contribution in [1.29, 1.82) is 0 Å². The molecule has 1 atom stereocenters. The van der Waals surface area contributed by atoms with Gasteiger partial charge < -0.3 is 8.17 Å². The SMILES string of the molecule is CC(C)(C)NC(CC(=O)OI)C(=O)O. The third-order valence-electron chi connectivity index (χ3n) is 1.36. The van der Waals surface area contributed by atoms with Crippen molar-refractivity contribution in [3.8, 4) is 0 Å². The van der Waals surface area contributed by atoms with Crippen molar-refractivity contribution in [3.05, 3.63) is 0 Å². The summed E-state index contributed by atoms with van der Waals surface area (Å²) in [7, 11) is 0. The van der Waals surface area contributed by atoms with Gasteiger partial charge in [0.1, 0.15) is 6.04 Å². The second kappa shape index (κ2) is 5.50. The van der Waals surface area contributed by atoms with Gasteiger partial charge in [-0.3, -0.25) is 14.9 Å². The fourth-order valence-electron chi connectivity index (χ4n) is 0.921. The Morgan fingerprint density at radius 1 is 1.50 bits per heavy atom. The molecule has 0 amide bonds. The average Bonchev–Trinajstić information content (AvgIpc) is 2.00. The van der Waals surface area contributed by atoms with E-state index in [1.807, 2.05) is 20.8 Å². The van der Waals surface area contributed by atoms with Crippen LogP contribution >= 0.6 is 23.0 Å². The lowest BCUT2D eigenvalue weighted by Gasteiger charge is -2.25. The summed E-state index contributed by atoms with van der Waals surface area (Å²) in [5.74, 6) is -1.60. The standard InChI is InChI=1S/C8H14INO4/c1-8(2,3)10-5(7(12)13)4-6(11)14-9/h5,10H,4H2,1-3H3,(H,12,13). The Labute approximate surface area is 96.9 Å². The maximum atomic E-state index is 10.9. The number of carbonyl (C=O) groups is 2. The second-order valence-electron chi connectivity index (χ2n) is 3.94. The quantitative estimate of drug-likeness (QED) is 0.760. The molecule has 0 aliphatic rings. The molecule has 0 saturated heterocycles. The van der Waals surface area contributed by atoms with Crippen molar-refractivity contribution in [1.82, 2.24) is 5.32 Å². The van der Waals surface area contributed by atoms with E-state index in [9.17, 15) is 9.59 Å². The van der Waals surface area contributed by atoms with Crippen LogP contribution in [0.15, 0.2) is 0 Å². The van der Waals surface area contributed by atoms with Gasteiger partial charge in [-0.15, -0.1) is 0 Å². The first-order valence-electron chi connectivity index (χ1n) is 4.08. The fourth-order valence-corrected chi connectivity index (χ4v) is 1.10. The molecule has 0 bridgehead atoms. The van der Waals surface area contributed by atoms with E-state index >= 15 is 0 Å². The smallest absolute Gasteiger partial charge is 0.321 e. The van der Waals surface area contributed by atoms with Crippen LogP contribution in [0.3, 0.4) is 0 Å². The molecule has 2 N–H and O–H groups in total. The number of carboxylic acid groups (broad SMARTS) is 1. The Morgan fingerprint density at radius 3 is 2.29 bits per heavy atom. The molecule has 1 unspecified atom stereocenters. The molecule has 82 valence electrons. The van der Waals surface area contributed by atoms with E-state index in [2.05, 4.69) is 8.38 Å². The van der Waals surface area contributed by atoms with Crippen molar-refractivity contribution in [2.24, 2.45) is 0 Å². The molecule has 0 aliphatic heterocycles. The summed E-state index contributed by atoms with van der Waals surface area (Å²) < 4.78 is 4.37. The van der Waals surface area contributed by atoms with Gasteiger partial charge in [-0.05, 0) is 20.8 Å². The molecular weight excluding hydrogens is 301 g/mol. The molecule has 0 aromatic heterocycles. The topological polar surface area (TPSA) is 75.6 Å².